The molecule has 4 atom stereocenters. The molecule has 3 saturated carbocycles. The Morgan fingerprint density at radius 1 is 0.420 bits per heavy atom. The summed E-state index contributed by atoms with van der Waals surface area (Å²) in [6, 6.07) is 38.3. The molecule has 9 aromatic rings. The highest BCUT2D eigenvalue weighted by atomic mass is 35.5. The van der Waals surface area contributed by atoms with E-state index in [-0.39, 0.29) is 70.9 Å². The third-order valence-corrected chi connectivity index (χ3v) is 27.0. The number of hydrogen-bond donors (Lipinski definition) is 4. The quantitative estimate of drug-likeness (QED) is 0.0124. The van der Waals surface area contributed by atoms with Gasteiger partial charge in [0, 0.05) is 96.1 Å². The van der Waals surface area contributed by atoms with Gasteiger partial charge in [-0.2, -0.15) is 39.5 Å². The number of pyridine rings is 1. The standard InChI is InChI=1S/2C30H37ClF3N3O4.C23H18ClF3N2O4S.C19H22ClN3O2S.ClH/c2*31-21-27(38)37(25-9-4-6-23(20-25)30(32,33)34)28(29(39)35-24-7-2-1-3-8-24)22-10-12-26(13-11-22)41-17-5-14-36-15-18-40-19-16-36;1-33-22(32)14-7-9-16(10-8-14)28-21(31)20(18-6-3-11-34-18)29(19(30)13-24)17-5-2-4-15(12-17)23(25,26)27;20-12-17(24)23(15-8-4-10-21-13-15)18(16-9-5-11-26-16)19(25)22-14-6-2-1-3-7-14;/h2*4,6,9-13,20,24,28H,1-3,5,7-8,14-19,21H2,(H,35,39);2-12,20H,13H2,1H3,(H,28,31);4-5,8-11,13-14,18H,1-3,6-7,12H2,(H,22,25);1H. The summed E-state index contributed by atoms with van der Waals surface area (Å²) < 4.78 is 148. The van der Waals surface area contributed by atoms with Crippen LogP contribution in [0.15, 0.2) is 205 Å². The van der Waals surface area contributed by atoms with Crippen molar-refractivity contribution in [3.63, 3.8) is 0 Å². The van der Waals surface area contributed by atoms with Crippen LogP contribution in [-0.2, 0) is 71.1 Å². The molecule has 5 aliphatic rings. The fraction of sp³-hybridized carbons (Fsp3) is 0.431. The van der Waals surface area contributed by atoms with Crippen molar-refractivity contribution in [3.05, 3.63) is 248 Å². The van der Waals surface area contributed by atoms with E-state index < -0.39 is 118 Å². The number of methoxy groups -OCH3 is 1. The molecule has 3 aromatic heterocycles. The molecule has 0 bridgehead atoms. The molecule has 2 aliphatic heterocycles. The smallest absolute Gasteiger partial charge is 0.416 e. The van der Waals surface area contributed by atoms with Crippen LogP contribution in [0.4, 0.5) is 68.0 Å². The second-order valence-corrected chi connectivity index (χ2v) is 37.2. The first-order valence-corrected chi connectivity index (χ1v) is 50.7. The number of aromatic nitrogens is 1. The van der Waals surface area contributed by atoms with E-state index in [1.807, 2.05) is 17.5 Å². The highest BCUT2D eigenvalue weighted by Gasteiger charge is 2.42. The number of nitrogens with one attached hydrogen (secondary N) is 4. The van der Waals surface area contributed by atoms with Crippen LogP contribution in [0.25, 0.3) is 0 Å². The summed E-state index contributed by atoms with van der Waals surface area (Å²) in [5.74, 6) is -5.35. The number of halogens is 14. The molecule has 14 rings (SSSR count). The zero-order valence-corrected chi connectivity index (χ0v) is 84.0. The van der Waals surface area contributed by atoms with Crippen molar-refractivity contribution in [3.8, 4) is 11.5 Å². The normalized spacial score (nSPS) is 15.8. The highest BCUT2D eigenvalue weighted by molar-refractivity contribution is 7.10. The van der Waals surface area contributed by atoms with E-state index in [1.54, 1.807) is 90.6 Å². The largest absolute Gasteiger partial charge is 0.494 e. The number of hydrogen-bond acceptors (Lipinski definition) is 19. The van der Waals surface area contributed by atoms with Crippen molar-refractivity contribution in [1.29, 1.82) is 0 Å². The molecule has 0 radical (unpaired) electrons. The maximum Gasteiger partial charge on any atom is 0.416 e. The van der Waals surface area contributed by atoms with Gasteiger partial charge in [-0.25, -0.2) is 4.79 Å². The molecular weight excluding hydrogens is 2020 g/mol. The number of carbonyl (C=O) groups is 9. The molecule has 4 N–H and O–H groups in total. The Hall–Kier alpha value is -10.6. The number of carbonyl (C=O) groups excluding carboxylic acids is 9. The molecule has 143 heavy (non-hydrogen) atoms. The Balaban J connectivity index is 0.000000198. The SMILES string of the molecule is COC(=O)c1ccc(NC(=O)C(c2cccs2)N(C(=O)CCl)c2cccc(C(F)(F)F)c2)cc1.Cl.O=C(NC1CCCCC1)C(c1ccc(OCCCN2CCOCC2)cc1)N(C(=O)CCl)c1cccc(C(F)(F)F)c1.O=C(NC1CCCCC1)C(c1ccc(OCCCN2CCOCC2)cc1)N(C(=O)CCl)c1cccc(C(F)(F)F)c1.O=C(NC1CCCCC1)C(c1cccs1)N(C(=O)CCl)c1cccnc1. The van der Waals surface area contributed by atoms with Crippen LogP contribution in [0.3, 0.4) is 0 Å². The van der Waals surface area contributed by atoms with Crippen molar-refractivity contribution in [2.75, 3.05) is 134 Å². The zero-order chi connectivity index (χ0) is 102. The fourth-order valence-electron chi connectivity index (χ4n) is 17.2. The van der Waals surface area contributed by atoms with Gasteiger partial charge in [0.15, 0.2) is 6.04 Å². The van der Waals surface area contributed by atoms with Gasteiger partial charge in [0.2, 0.25) is 41.4 Å². The molecule has 2 saturated heterocycles. The molecule has 3 aliphatic carbocycles. The second-order valence-electron chi connectivity index (χ2n) is 34.1. The average Bonchev–Trinajstić information content (AvgIpc) is 1.55. The topological polar surface area (TPSA) is 280 Å². The zero-order valence-electron chi connectivity index (χ0n) is 78.5. The van der Waals surface area contributed by atoms with Crippen LogP contribution in [0.2, 0.25) is 0 Å². The van der Waals surface area contributed by atoms with E-state index in [2.05, 4.69) is 40.8 Å². The van der Waals surface area contributed by atoms with Gasteiger partial charge in [0.1, 0.15) is 53.1 Å². The van der Waals surface area contributed by atoms with Crippen LogP contribution in [-0.4, -0.2) is 196 Å². The summed E-state index contributed by atoms with van der Waals surface area (Å²) >= 11 is 26.1. The molecule has 5 fully saturated rings. The van der Waals surface area contributed by atoms with E-state index >= 15 is 0 Å². The molecule has 4 unspecified atom stereocenters. The van der Waals surface area contributed by atoms with Gasteiger partial charge >= 0.3 is 24.5 Å². The Kier molecular flexibility index (Phi) is 45.8. The first-order valence-electron chi connectivity index (χ1n) is 46.8. The van der Waals surface area contributed by atoms with E-state index in [1.165, 1.54) is 84.4 Å². The van der Waals surface area contributed by atoms with Gasteiger partial charge in [-0.3, -0.25) is 72.7 Å². The number of amides is 8. The van der Waals surface area contributed by atoms with Crippen molar-refractivity contribution in [1.82, 2.24) is 30.7 Å². The van der Waals surface area contributed by atoms with Gasteiger partial charge in [-0.1, -0.05) is 112 Å². The second kappa shape index (κ2) is 57.3. The molecule has 772 valence electrons. The molecule has 0 spiro atoms. The number of rotatable bonds is 35. The minimum atomic E-state index is -4.65. The summed E-state index contributed by atoms with van der Waals surface area (Å²) in [7, 11) is 1.24. The third-order valence-electron chi connectivity index (χ3n) is 24.3. The number of thiophene rings is 2. The van der Waals surface area contributed by atoms with Gasteiger partial charge < -0.3 is 45.0 Å². The number of benzene rings is 6. The number of nitrogens with zero attached hydrogens (tertiary/aromatic N) is 7. The summed E-state index contributed by atoms with van der Waals surface area (Å²) in [5, 5.41) is 15.4. The Bertz CT molecular complexity index is 5320. The number of ether oxygens (including phenoxy) is 5. The van der Waals surface area contributed by atoms with Crippen molar-refractivity contribution in [2.45, 2.75) is 170 Å². The number of anilines is 5. The molecule has 41 heteroatoms. The predicted octanol–water partition coefficient (Wildman–Crippen LogP) is 21.0. The van der Waals surface area contributed by atoms with Crippen LogP contribution >= 0.6 is 81.5 Å². The van der Waals surface area contributed by atoms with Gasteiger partial charge in [-0.05, 0) is 201 Å². The minimum absolute atomic E-state index is 0. The lowest BCUT2D eigenvalue weighted by Crippen LogP contribution is -2.47. The van der Waals surface area contributed by atoms with Crippen molar-refractivity contribution < 1.29 is 106 Å². The van der Waals surface area contributed by atoms with Crippen LogP contribution in [0.5, 0.6) is 11.5 Å². The van der Waals surface area contributed by atoms with E-state index in [4.69, 9.17) is 65.4 Å². The van der Waals surface area contributed by atoms with Gasteiger partial charge in [-0.15, -0.1) is 81.5 Å². The maximum atomic E-state index is 13.8. The molecule has 8 amide bonds. The number of morpholine rings is 2. The Labute approximate surface area is 858 Å². The summed E-state index contributed by atoms with van der Waals surface area (Å²) in [4.78, 5) is 132. The first-order chi connectivity index (χ1) is 68.4. The Morgan fingerprint density at radius 2 is 0.755 bits per heavy atom. The van der Waals surface area contributed by atoms with E-state index in [0.717, 1.165) is 242 Å². The third kappa shape index (κ3) is 34.2. The lowest BCUT2D eigenvalue weighted by atomic mass is 9.94. The summed E-state index contributed by atoms with van der Waals surface area (Å²) in [6.07, 6.45) is 5.76. The van der Waals surface area contributed by atoms with Crippen LogP contribution in [0.1, 0.15) is 181 Å². The maximum absolute atomic E-state index is 13.8. The highest BCUT2D eigenvalue weighted by Crippen LogP contribution is 2.42. The summed E-state index contributed by atoms with van der Waals surface area (Å²) in [6.45, 7) is 9.38. The number of esters is 1. The fourth-order valence-corrected chi connectivity index (χ4v) is 19.3. The van der Waals surface area contributed by atoms with Crippen molar-refractivity contribution >= 4 is 163 Å². The van der Waals surface area contributed by atoms with Crippen LogP contribution < -0.4 is 50.3 Å². The molecular formula is C102H115Cl5F9N11O14S2. The monoisotopic (exact) mass is 2130 g/mol. The van der Waals surface area contributed by atoms with E-state index in [9.17, 15) is 82.7 Å². The first kappa shape index (κ1) is 114. The van der Waals surface area contributed by atoms with E-state index in [0.29, 0.717) is 52.1 Å². The van der Waals surface area contributed by atoms with Gasteiger partial charge in [0.05, 0.1) is 80.9 Å². The van der Waals surface area contributed by atoms with Crippen molar-refractivity contribution in [2.24, 2.45) is 0 Å². The minimum Gasteiger partial charge on any atom is -0.494 e. The molecule has 5 heterocycles. The van der Waals surface area contributed by atoms with Gasteiger partial charge in [0.25, 0.3) is 5.91 Å². The summed E-state index contributed by atoms with van der Waals surface area (Å²) in [5.41, 5.74) is -1.05. The van der Waals surface area contributed by atoms with Crippen LogP contribution in [0, 0.1) is 0 Å². The number of alkyl halides is 13. The predicted molar refractivity (Wildman–Crippen MR) is 537 cm³/mol. The molecule has 25 nitrogen and oxygen atoms in total. The lowest BCUT2D eigenvalue weighted by molar-refractivity contribution is -0.138. The lowest BCUT2D eigenvalue weighted by Gasteiger charge is -2.33. The molecule has 6 aromatic carbocycles. The Morgan fingerprint density at radius 3 is 1.08 bits per heavy atom. The average molecular weight is 2130 g/mol.